The highest BCUT2D eigenvalue weighted by Crippen LogP contribution is 2.32. The average molecular weight is 346 g/mol. The number of ether oxygens (including phenoxy) is 2. The zero-order valence-electron chi connectivity index (χ0n) is 14.9. The molecule has 0 bridgehead atoms. The van der Waals surface area contributed by atoms with Gasteiger partial charge in [0.15, 0.2) is 11.5 Å². The van der Waals surface area contributed by atoms with Crippen LogP contribution in [0.25, 0.3) is 0 Å². The predicted molar refractivity (Wildman–Crippen MR) is 93.2 cm³/mol. The molecule has 25 heavy (non-hydrogen) atoms. The molecule has 0 spiro atoms. The van der Waals surface area contributed by atoms with Crippen molar-refractivity contribution in [2.45, 2.75) is 39.7 Å². The summed E-state index contributed by atoms with van der Waals surface area (Å²) < 4.78 is 10.6. The van der Waals surface area contributed by atoms with Crippen LogP contribution in [0.5, 0.6) is 11.5 Å². The van der Waals surface area contributed by atoms with Gasteiger partial charge in [0, 0.05) is 32.5 Å². The third-order valence-corrected chi connectivity index (χ3v) is 4.71. The quantitative estimate of drug-likeness (QED) is 0.888. The van der Waals surface area contributed by atoms with Crippen LogP contribution in [0.15, 0.2) is 18.2 Å². The molecule has 0 aromatic heterocycles. The van der Waals surface area contributed by atoms with Crippen molar-refractivity contribution in [1.29, 1.82) is 0 Å². The van der Waals surface area contributed by atoms with Gasteiger partial charge < -0.3 is 19.7 Å². The minimum absolute atomic E-state index is 0.0802. The molecule has 1 saturated heterocycles. The Morgan fingerprint density at radius 2 is 1.84 bits per heavy atom. The molecule has 1 fully saturated rings. The van der Waals surface area contributed by atoms with Crippen LogP contribution in [-0.2, 0) is 16.1 Å². The van der Waals surface area contributed by atoms with Gasteiger partial charge in [0.1, 0.15) is 0 Å². The van der Waals surface area contributed by atoms with Crippen LogP contribution < -0.4 is 14.8 Å². The third kappa shape index (κ3) is 4.65. The summed E-state index contributed by atoms with van der Waals surface area (Å²) in [5, 5.41) is 2.86. The first-order valence-corrected chi connectivity index (χ1v) is 8.94. The Kier molecular flexibility index (Phi) is 5.46. The first kappa shape index (κ1) is 17.6. The van der Waals surface area contributed by atoms with Crippen LogP contribution in [0.4, 0.5) is 0 Å². The molecule has 2 aliphatic rings. The Morgan fingerprint density at radius 1 is 1.12 bits per heavy atom. The molecule has 2 heterocycles. The van der Waals surface area contributed by atoms with Crippen molar-refractivity contribution in [3.63, 3.8) is 0 Å². The van der Waals surface area contributed by atoms with Crippen LogP contribution in [0.1, 0.15) is 38.7 Å². The average Bonchev–Trinajstić information content (AvgIpc) is 3.04. The number of likely N-dealkylation sites (tertiary alicyclic amines) is 1. The smallest absolute Gasteiger partial charge is 0.231 e. The molecule has 0 saturated carbocycles. The number of benzene rings is 1. The second-order valence-corrected chi connectivity index (χ2v) is 7.21. The highest BCUT2D eigenvalue weighted by atomic mass is 16.7. The van der Waals surface area contributed by atoms with Crippen LogP contribution in [0.2, 0.25) is 0 Å². The zero-order valence-corrected chi connectivity index (χ0v) is 14.9. The zero-order chi connectivity index (χ0) is 17.8. The maximum atomic E-state index is 12.3. The van der Waals surface area contributed by atoms with E-state index in [9.17, 15) is 9.59 Å². The summed E-state index contributed by atoms with van der Waals surface area (Å²) in [7, 11) is 0. The fourth-order valence-electron chi connectivity index (χ4n) is 3.59. The number of amides is 2. The Hall–Kier alpha value is -2.24. The topological polar surface area (TPSA) is 67.9 Å². The van der Waals surface area contributed by atoms with Crippen molar-refractivity contribution < 1.29 is 19.1 Å². The summed E-state index contributed by atoms with van der Waals surface area (Å²) in [4.78, 5) is 26.2. The molecule has 136 valence electrons. The monoisotopic (exact) mass is 346 g/mol. The van der Waals surface area contributed by atoms with E-state index in [-0.39, 0.29) is 31.4 Å². The fourth-order valence-corrected chi connectivity index (χ4v) is 3.59. The summed E-state index contributed by atoms with van der Waals surface area (Å²) >= 11 is 0. The SMILES string of the molecule is C[C@@H]1C[C@@H](C)CN(C(=O)CCC(=O)NCc2ccc3c(c2)OCO3)C1. The molecule has 2 atom stereocenters. The van der Waals surface area contributed by atoms with E-state index in [1.165, 1.54) is 6.42 Å². The molecular formula is C19H26N2O4. The highest BCUT2D eigenvalue weighted by Gasteiger charge is 2.25. The van der Waals surface area contributed by atoms with E-state index in [1.54, 1.807) is 0 Å². The number of carbonyl (C=O) groups is 2. The number of fused-ring (bicyclic) bond motifs is 1. The van der Waals surface area contributed by atoms with Crippen LogP contribution in [0, 0.1) is 11.8 Å². The van der Waals surface area contributed by atoms with Gasteiger partial charge in [-0.05, 0) is 36.0 Å². The third-order valence-electron chi connectivity index (χ3n) is 4.71. The molecular weight excluding hydrogens is 320 g/mol. The van der Waals surface area contributed by atoms with Gasteiger partial charge in [-0.1, -0.05) is 19.9 Å². The summed E-state index contributed by atoms with van der Waals surface area (Å²) in [5.41, 5.74) is 0.947. The van der Waals surface area contributed by atoms with Gasteiger partial charge in [0.05, 0.1) is 0 Å². The van der Waals surface area contributed by atoms with E-state index in [2.05, 4.69) is 19.2 Å². The van der Waals surface area contributed by atoms with E-state index < -0.39 is 0 Å². The van der Waals surface area contributed by atoms with Gasteiger partial charge in [-0.15, -0.1) is 0 Å². The van der Waals surface area contributed by atoms with E-state index >= 15 is 0 Å². The number of hydrogen-bond donors (Lipinski definition) is 1. The molecule has 0 unspecified atom stereocenters. The first-order chi connectivity index (χ1) is 12.0. The highest BCUT2D eigenvalue weighted by molar-refractivity contribution is 5.83. The minimum atomic E-state index is -0.107. The molecule has 6 nitrogen and oxygen atoms in total. The lowest BCUT2D eigenvalue weighted by molar-refractivity contribution is -0.135. The minimum Gasteiger partial charge on any atom is -0.454 e. The summed E-state index contributed by atoms with van der Waals surface area (Å²) in [6, 6.07) is 5.60. The molecule has 1 aromatic carbocycles. The molecule has 2 amide bonds. The molecule has 1 aromatic rings. The van der Waals surface area contributed by atoms with E-state index in [4.69, 9.17) is 9.47 Å². The van der Waals surface area contributed by atoms with Crippen LogP contribution >= 0.6 is 0 Å². The molecule has 1 N–H and O–H groups in total. The van der Waals surface area contributed by atoms with Crippen molar-refractivity contribution in [2.75, 3.05) is 19.9 Å². The van der Waals surface area contributed by atoms with Gasteiger partial charge in [-0.2, -0.15) is 0 Å². The van der Waals surface area contributed by atoms with E-state index in [0.29, 0.717) is 24.1 Å². The Labute approximate surface area is 148 Å². The number of nitrogens with zero attached hydrogens (tertiary/aromatic N) is 1. The van der Waals surface area contributed by atoms with Crippen molar-refractivity contribution in [2.24, 2.45) is 11.8 Å². The second-order valence-electron chi connectivity index (χ2n) is 7.21. The number of rotatable bonds is 5. The maximum Gasteiger partial charge on any atom is 0.231 e. The molecule has 2 aliphatic heterocycles. The lowest BCUT2D eigenvalue weighted by atomic mass is 9.91. The van der Waals surface area contributed by atoms with Gasteiger partial charge in [-0.3, -0.25) is 9.59 Å². The first-order valence-electron chi connectivity index (χ1n) is 8.94. The molecule has 3 rings (SSSR count). The second kappa shape index (κ2) is 7.76. The van der Waals surface area contributed by atoms with Crippen molar-refractivity contribution in [1.82, 2.24) is 10.2 Å². The maximum absolute atomic E-state index is 12.3. The summed E-state index contributed by atoms with van der Waals surface area (Å²) in [6.07, 6.45) is 1.66. The number of piperidine rings is 1. The van der Waals surface area contributed by atoms with Gasteiger partial charge in [0.25, 0.3) is 0 Å². The Morgan fingerprint density at radius 3 is 2.60 bits per heavy atom. The number of carbonyl (C=O) groups excluding carboxylic acids is 2. The standard InChI is InChI=1S/C19H26N2O4/c1-13-7-14(2)11-21(10-13)19(23)6-5-18(22)20-9-15-3-4-16-17(8-15)25-12-24-16/h3-4,8,13-14H,5-7,9-12H2,1-2H3,(H,20,22)/t13-,14-/m1/s1. The summed E-state index contributed by atoms with van der Waals surface area (Å²) in [5.74, 6) is 2.47. The van der Waals surface area contributed by atoms with E-state index in [0.717, 1.165) is 24.4 Å². The molecule has 0 aliphatic carbocycles. The van der Waals surface area contributed by atoms with E-state index in [1.807, 2.05) is 23.1 Å². The summed E-state index contributed by atoms with van der Waals surface area (Å²) in [6.45, 7) is 6.62. The number of hydrogen-bond acceptors (Lipinski definition) is 4. The van der Waals surface area contributed by atoms with Crippen LogP contribution in [-0.4, -0.2) is 36.6 Å². The van der Waals surface area contributed by atoms with Crippen molar-refractivity contribution >= 4 is 11.8 Å². The van der Waals surface area contributed by atoms with Gasteiger partial charge >= 0.3 is 0 Å². The van der Waals surface area contributed by atoms with Crippen LogP contribution in [0.3, 0.4) is 0 Å². The molecule has 6 heteroatoms. The van der Waals surface area contributed by atoms with Gasteiger partial charge in [-0.25, -0.2) is 0 Å². The Balaban J connectivity index is 1.41. The number of nitrogens with one attached hydrogen (secondary N) is 1. The lowest BCUT2D eigenvalue weighted by Gasteiger charge is -2.35. The Bertz CT molecular complexity index is 636. The predicted octanol–water partition coefficient (Wildman–Crippen LogP) is 2.32. The fraction of sp³-hybridized carbons (Fsp3) is 0.579. The largest absolute Gasteiger partial charge is 0.454 e. The van der Waals surface area contributed by atoms with Crippen molar-refractivity contribution in [3.8, 4) is 11.5 Å². The van der Waals surface area contributed by atoms with Crippen molar-refractivity contribution in [3.05, 3.63) is 23.8 Å². The lowest BCUT2D eigenvalue weighted by Crippen LogP contribution is -2.42. The normalized spacial score (nSPS) is 21.9. The van der Waals surface area contributed by atoms with Gasteiger partial charge in [0.2, 0.25) is 18.6 Å². The molecule has 0 radical (unpaired) electrons.